The van der Waals surface area contributed by atoms with Crippen LogP contribution >= 0.6 is 0 Å². The van der Waals surface area contributed by atoms with Crippen LogP contribution in [0.5, 0.6) is 5.75 Å². The first-order valence-corrected chi connectivity index (χ1v) is 8.34. The predicted octanol–water partition coefficient (Wildman–Crippen LogP) is 0.891. The zero-order valence-electron chi connectivity index (χ0n) is 12.2. The van der Waals surface area contributed by atoms with E-state index >= 15 is 0 Å². The van der Waals surface area contributed by atoms with Crippen molar-refractivity contribution in [3.63, 3.8) is 0 Å². The highest BCUT2D eigenvalue weighted by Gasteiger charge is 2.28. The number of benzene rings is 1. The quantitative estimate of drug-likeness (QED) is 0.814. The molecule has 7 heteroatoms. The van der Waals surface area contributed by atoms with E-state index in [0.29, 0.717) is 18.8 Å². The summed E-state index contributed by atoms with van der Waals surface area (Å²) in [6, 6.07) is 4.38. The van der Waals surface area contributed by atoms with E-state index in [1.807, 2.05) is 6.92 Å². The summed E-state index contributed by atoms with van der Waals surface area (Å²) in [5.41, 5.74) is 0.521. The van der Waals surface area contributed by atoms with Gasteiger partial charge in [-0.2, -0.15) is 0 Å². The third-order valence-corrected chi connectivity index (χ3v) is 5.29. The number of sulfonamides is 1. The molecule has 1 saturated heterocycles. The van der Waals surface area contributed by atoms with Gasteiger partial charge >= 0.3 is 0 Å². The van der Waals surface area contributed by atoms with Gasteiger partial charge in [-0.25, -0.2) is 13.1 Å². The van der Waals surface area contributed by atoms with Gasteiger partial charge in [-0.1, -0.05) is 6.07 Å². The van der Waals surface area contributed by atoms with E-state index < -0.39 is 10.0 Å². The lowest BCUT2D eigenvalue weighted by Crippen LogP contribution is -2.38. The molecule has 1 aromatic carbocycles. The van der Waals surface area contributed by atoms with Crippen molar-refractivity contribution < 1.29 is 23.0 Å². The van der Waals surface area contributed by atoms with Crippen molar-refractivity contribution in [1.82, 2.24) is 4.72 Å². The van der Waals surface area contributed by atoms with Gasteiger partial charge in [0.2, 0.25) is 10.0 Å². The monoisotopic (exact) mass is 315 g/mol. The minimum absolute atomic E-state index is 0.0438. The molecule has 1 heterocycles. The molecule has 0 spiro atoms. The molecule has 0 radical (unpaired) electrons. The zero-order chi connectivity index (χ0) is 15.5. The molecule has 0 aromatic heterocycles. The molecule has 6 nitrogen and oxygen atoms in total. The second-order valence-corrected chi connectivity index (χ2v) is 6.86. The van der Waals surface area contributed by atoms with Gasteiger partial charge in [0.25, 0.3) is 0 Å². The van der Waals surface area contributed by atoms with Crippen LogP contribution in [-0.2, 0) is 21.4 Å². The predicted molar refractivity (Wildman–Crippen MR) is 77.6 cm³/mol. The van der Waals surface area contributed by atoms with Gasteiger partial charge in [0.15, 0.2) is 0 Å². The first-order valence-electron chi connectivity index (χ1n) is 6.85. The maximum atomic E-state index is 12.5. The minimum atomic E-state index is -3.71. The lowest BCUT2D eigenvalue weighted by Gasteiger charge is -2.20. The first-order chi connectivity index (χ1) is 9.97. The van der Waals surface area contributed by atoms with Gasteiger partial charge in [0.05, 0.1) is 20.3 Å². The second-order valence-electron chi connectivity index (χ2n) is 5.18. The third kappa shape index (κ3) is 3.74. The summed E-state index contributed by atoms with van der Waals surface area (Å²) in [5.74, 6) is 0.432. The topological polar surface area (TPSA) is 84.9 Å². The summed E-state index contributed by atoms with van der Waals surface area (Å²) in [7, 11) is -2.30. The van der Waals surface area contributed by atoms with Crippen molar-refractivity contribution in [3.8, 4) is 5.75 Å². The number of aliphatic hydroxyl groups is 1. The van der Waals surface area contributed by atoms with E-state index in [4.69, 9.17) is 9.47 Å². The van der Waals surface area contributed by atoms with Gasteiger partial charge in [-0.15, -0.1) is 0 Å². The molecular weight excluding hydrogens is 294 g/mol. The summed E-state index contributed by atoms with van der Waals surface area (Å²) in [6.07, 6.45) is 0.845. The van der Waals surface area contributed by atoms with E-state index in [0.717, 1.165) is 6.42 Å². The van der Waals surface area contributed by atoms with Gasteiger partial charge in [0, 0.05) is 18.6 Å². The Balaban J connectivity index is 2.25. The molecular formula is C14H21NO5S. The fourth-order valence-corrected chi connectivity index (χ4v) is 3.91. The third-order valence-electron chi connectivity index (χ3n) is 3.71. The molecule has 2 atom stereocenters. The van der Waals surface area contributed by atoms with Crippen molar-refractivity contribution in [1.29, 1.82) is 0 Å². The lowest BCUT2D eigenvalue weighted by molar-refractivity contribution is 0.180. The van der Waals surface area contributed by atoms with Crippen LogP contribution in [0.15, 0.2) is 23.1 Å². The Morgan fingerprint density at radius 1 is 1.52 bits per heavy atom. The average molecular weight is 315 g/mol. The molecule has 2 N–H and O–H groups in total. The molecule has 1 aliphatic heterocycles. The van der Waals surface area contributed by atoms with Gasteiger partial charge in [-0.3, -0.25) is 0 Å². The highest BCUT2D eigenvalue weighted by atomic mass is 32.2. The number of aliphatic hydroxyl groups excluding tert-OH is 1. The maximum absolute atomic E-state index is 12.5. The molecule has 2 rings (SSSR count). The summed E-state index contributed by atoms with van der Waals surface area (Å²) < 4.78 is 38.1. The molecule has 2 unspecified atom stereocenters. The number of nitrogens with one attached hydrogen (secondary N) is 1. The van der Waals surface area contributed by atoms with E-state index in [2.05, 4.69) is 4.72 Å². The zero-order valence-corrected chi connectivity index (χ0v) is 13.0. The van der Waals surface area contributed by atoms with Crippen LogP contribution in [-0.4, -0.2) is 39.9 Å². The number of hydrogen-bond acceptors (Lipinski definition) is 5. The van der Waals surface area contributed by atoms with Crippen molar-refractivity contribution in [2.45, 2.75) is 30.9 Å². The molecule has 0 amide bonds. The molecule has 118 valence electrons. The Morgan fingerprint density at radius 3 is 2.86 bits per heavy atom. The molecule has 1 aromatic rings. The molecule has 0 saturated carbocycles. The van der Waals surface area contributed by atoms with Crippen molar-refractivity contribution >= 4 is 10.0 Å². The SMILES string of the molecule is COc1ccc(CO)cc1S(=O)(=O)NC(C)C1CCOC1. The van der Waals surface area contributed by atoms with Crippen LogP contribution < -0.4 is 9.46 Å². The van der Waals surface area contributed by atoms with Crippen LogP contribution in [0.4, 0.5) is 0 Å². The van der Waals surface area contributed by atoms with E-state index in [1.54, 1.807) is 12.1 Å². The Bertz CT molecular complexity index is 581. The van der Waals surface area contributed by atoms with Crippen LogP contribution in [0, 0.1) is 5.92 Å². The molecule has 0 bridgehead atoms. The van der Waals surface area contributed by atoms with Gasteiger partial charge in [-0.05, 0) is 31.0 Å². The number of methoxy groups -OCH3 is 1. The largest absolute Gasteiger partial charge is 0.495 e. The van der Waals surface area contributed by atoms with E-state index in [9.17, 15) is 13.5 Å². The fraction of sp³-hybridized carbons (Fsp3) is 0.571. The summed E-state index contributed by atoms with van der Waals surface area (Å²) >= 11 is 0. The van der Waals surface area contributed by atoms with Gasteiger partial charge in [0.1, 0.15) is 10.6 Å². The van der Waals surface area contributed by atoms with E-state index in [1.165, 1.54) is 13.2 Å². The maximum Gasteiger partial charge on any atom is 0.244 e. The highest BCUT2D eigenvalue weighted by Crippen LogP contribution is 2.26. The molecule has 21 heavy (non-hydrogen) atoms. The Labute approximate surface area is 125 Å². The molecule has 1 aliphatic rings. The van der Waals surface area contributed by atoms with E-state index in [-0.39, 0.29) is 29.2 Å². The normalized spacial score (nSPS) is 20.4. The van der Waals surface area contributed by atoms with Crippen molar-refractivity contribution in [2.75, 3.05) is 20.3 Å². The van der Waals surface area contributed by atoms with Crippen LogP contribution in [0.3, 0.4) is 0 Å². The van der Waals surface area contributed by atoms with Crippen LogP contribution in [0.25, 0.3) is 0 Å². The van der Waals surface area contributed by atoms with Crippen molar-refractivity contribution in [2.24, 2.45) is 5.92 Å². The van der Waals surface area contributed by atoms with Crippen molar-refractivity contribution in [3.05, 3.63) is 23.8 Å². The summed E-state index contributed by atoms with van der Waals surface area (Å²) in [4.78, 5) is 0.0438. The number of rotatable bonds is 6. The Hall–Kier alpha value is -1.15. The average Bonchev–Trinajstić information content (AvgIpc) is 3.00. The summed E-state index contributed by atoms with van der Waals surface area (Å²) in [5, 5.41) is 9.17. The minimum Gasteiger partial charge on any atom is -0.495 e. The smallest absolute Gasteiger partial charge is 0.244 e. The lowest BCUT2D eigenvalue weighted by atomic mass is 10.0. The Kier molecular flexibility index (Phi) is 5.21. The first kappa shape index (κ1) is 16.2. The standard InChI is InChI=1S/C14H21NO5S/c1-10(12-5-6-20-9-12)15-21(17,18)14-7-11(8-16)3-4-13(14)19-2/h3-4,7,10,12,15-16H,5-6,8-9H2,1-2H3. The summed E-state index contributed by atoms with van der Waals surface area (Å²) in [6.45, 7) is 2.84. The number of hydrogen-bond donors (Lipinski definition) is 2. The fourth-order valence-electron chi connectivity index (χ4n) is 2.38. The van der Waals surface area contributed by atoms with Gasteiger partial charge < -0.3 is 14.6 Å². The second kappa shape index (κ2) is 6.74. The highest BCUT2D eigenvalue weighted by molar-refractivity contribution is 7.89. The molecule has 0 aliphatic carbocycles. The van der Waals surface area contributed by atoms with Crippen LogP contribution in [0.1, 0.15) is 18.9 Å². The molecule has 1 fully saturated rings. The van der Waals surface area contributed by atoms with Crippen LogP contribution in [0.2, 0.25) is 0 Å². The number of ether oxygens (including phenoxy) is 2. The Morgan fingerprint density at radius 2 is 2.29 bits per heavy atom.